The Balaban J connectivity index is 3.03. The molecule has 0 saturated heterocycles. The van der Waals surface area contributed by atoms with E-state index in [2.05, 4.69) is 19.2 Å². The molecule has 1 amide bonds. The third kappa shape index (κ3) is 5.71. The molecule has 0 bridgehead atoms. The molecule has 1 rings (SSSR count). The normalized spacial score (nSPS) is 13.5. The van der Waals surface area contributed by atoms with Crippen LogP contribution in [0.1, 0.15) is 59.1 Å². The van der Waals surface area contributed by atoms with E-state index in [0.717, 1.165) is 17.7 Å². The number of rotatable bonds is 10. The Bertz CT molecular complexity index is 517. The maximum Gasteiger partial charge on any atom is 0.237 e. The predicted molar refractivity (Wildman–Crippen MR) is 97.4 cm³/mol. The van der Waals surface area contributed by atoms with E-state index in [4.69, 9.17) is 15.2 Å². The van der Waals surface area contributed by atoms with E-state index in [1.165, 1.54) is 0 Å². The molecule has 3 N–H and O–H groups in total. The first-order chi connectivity index (χ1) is 11.4. The smallest absolute Gasteiger partial charge is 0.237 e. The summed E-state index contributed by atoms with van der Waals surface area (Å²) in [5.41, 5.74) is 6.93. The highest BCUT2D eigenvalue weighted by Gasteiger charge is 2.22. The molecule has 0 aromatic heterocycles. The van der Waals surface area contributed by atoms with Crippen molar-refractivity contribution in [1.29, 1.82) is 0 Å². The summed E-state index contributed by atoms with van der Waals surface area (Å²) in [6, 6.07) is 5.24. The van der Waals surface area contributed by atoms with Crippen LogP contribution in [0, 0.1) is 5.92 Å². The van der Waals surface area contributed by atoms with Crippen LogP contribution in [-0.4, -0.2) is 25.2 Å². The molecule has 1 aromatic carbocycles. The Morgan fingerprint density at radius 3 is 2.29 bits per heavy atom. The summed E-state index contributed by atoms with van der Waals surface area (Å²) in [4.78, 5) is 12.3. The van der Waals surface area contributed by atoms with Crippen LogP contribution in [0.4, 0.5) is 0 Å². The number of amides is 1. The minimum Gasteiger partial charge on any atom is -0.490 e. The van der Waals surface area contributed by atoms with Crippen molar-refractivity contribution >= 4 is 5.91 Å². The largest absolute Gasteiger partial charge is 0.490 e. The molecule has 5 nitrogen and oxygen atoms in total. The summed E-state index contributed by atoms with van der Waals surface area (Å²) in [5.74, 6) is 1.55. The van der Waals surface area contributed by atoms with Gasteiger partial charge < -0.3 is 20.5 Å². The first-order valence-corrected chi connectivity index (χ1v) is 8.89. The molecule has 0 aliphatic carbocycles. The number of carbonyl (C=O) groups excluding carboxylic acids is 1. The maximum absolute atomic E-state index is 12.3. The van der Waals surface area contributed by atoms with Crippen LogP contribution in [0.15, 0.2) is 18.2 Å². The van der Waals surface area contributed by atoms with E-state index in [0.29, 0.717) is 25.4 Å². The molecule has 136 valence electrons. The average Bonchev–Trinajstić information content (AvgIpc) is 2.54. The van der Waals surface area contributed by atoms with Gasteiger partial charge in [-0.15, -0.1) is 0 Å². The van der Waals surface area contributed by atoms with Crippen molar-refractivity contribution in [1.82, 2.24) is 5.32 Å². The zero-order valence-electron chi connectivity index (χ0n) is 15.6. The molecule has 0 aliphatic heterocycles. The molecule has 0 fully saturated rings. The van der Waals surface area contributed by atoms with Gasteiger partial charge in [-0.2, -0.15) is 0 Å². The molecule has 0 spiro atoms. The standard InChI is InChI=1S/C19H32N2O3/c1-6-9-15(20)19(22)21-18(13(4)5)14-10-11-16(23-7-2)17(12-14)24-8-3/h10-13,15,18H,6-9,20H2,1-5H3,(H,21,22). The van der Waals surface area contributed by atoms with E-state index in [-0.39, 0.29) is 17.9 Å². The topological polar surface area (TPSA) is 73.6 Å². The summed E-state index contributed by atoms with van der Waals surface area (Å²) in [6.45, 7) is 11.2. The van der Waals surface area contributed by atoms with Crippen molar-refractivity contribution in [3.63, 3.8) is 0 Å². The number of carbonyl (C=O) groups is 1. The van der Waals surface area contributed by atoms with Gasteiger partial charge in [-0.1, -0.05) is 33.3 Å². The van der Waals surface area contributed by atoms with Crippen molar-refractivity contribution in [3.05, 3.63) is 23.8 Å². The Morgan fingerprint density at radius 1 is 1.12 bits per heavy atom. The summed E-state index contributed by atoms with van der Waals surface area (Å²) >= 11 is 0. The molecule has 1 aromatic rings. The molecule has 5 heteroatoms. The van der Waals surface area contributed by atoms with Gasteiger partial charge in [0.1, 0.15) is 0 Å². The SMILES string of the molecule is CCCC(N)C(=O)NC(c1ccc(OCC)c(OCC)c1)C(C)C. The van der Waals surface area contributed by atoms with Crippen molar-refractivity contribution < 1.29 is 14.3 Å². The minimum atomic E-state index is -0.467. The van der Waals surface area contributed by atoms with E-state index in [9.17, 15) is 4.79 Å². The predicted octanol–water partition coefficient (Wildman–Crippen LogP) is 3.42. The minimum absolute atomic E-state index is 0.109. The van der Waals surface area contributed by atoms with Crippen LogP contribution in [0.3, 0.4) is 0 Å². The average molecular weight is 336 g/mol. The molecule has 2 atom stereocenters. The summed E-state index contributed by atoms with van der Waals surface area (Å²) < 4.78 is 11.3. The lowest BCUT2D eigenvalue weighted by atomic mass is 9.95. The van der Waals surface area contributed by atoms with Crippen LogP contribution >= 0.6 is 0 Å². The van der Waals surface area contributed by atoms with Crippen molar-refractivity contribution in [2.45, 2.75) is 59.5 Å². The van der Waals surface area contributed by atoms with Gasteiger partial charge in [0, 0.05) is 0 Å². The Hall–Kier alpha value is -1.75. The summed E-state index contributed by atoms with van der Waals surface area (Å²) in [7, 11) is 0. The van der Waals surface area contributed by atoms with Crippen molar-refractivity contribution in [3.8, 4) is 11.5 Å². The third-order valence-corrected chi connectivity index (χ3v) is 3.83. The Kier molecular flexibility index (Phi) is 8.61. The fourth-order valence-corrected chi connectivity index (χ4v) is 2.60. The second kappa shape index (κ2) is 10.2. The number of hydrogen-bond donors (Lipinski definition) is 2. The highest BCUT2D eigenvalue weighted by molar-refractivity contribution is 5.81. The zero-order valence-corrected chi connectivity index (χ0v) is 15.6. The molecular formula is C19H32N2O3. The van der Waals surface area contributed by atoms with Gasteiger partial charge in [-0.3, -0.25) is 4.79 Å². The van der Waals surface area contributed by atoms with Crippen molar-refractivity contribution in [2.75, 3.05) is 13.2 Å². The molecular weight excluding hydrogens is 304 g/mol. The highest BCUT2D eigenvalue weighted by Crippen LogP contribution is 2.33. The number of nitrogens with two attached hydrogens (primary N) is 1. The van der Waals surface area contributed by atoms with E-state index < -0.39 is 6.04 Å². The van der Waals surface area contributed by atoms with Crippen molar-refractivity contribution in [2.24, 2.45) is 11.7 Å². The number of hydrogen-bond acceptors (Lipinski definition) is 4. The van der Waals surface area contributed by atoms with Crippen LogP contribution < -0.4 is 20.5 Å². The van der Waals surface area contributed by atoms with E-state index >= 15 is 0 Å². The second-order valence-electron chi connectivity index (χ2n) is 6.20. The lowest BCUT2D eigenvalue weighted by Gasteiger charge is -2.25. The molecule has 2 unspecified atom stereocenters. The number of nitrogens with one attached hydrogen (secondary N) is 1. The molecule has 0 saturated carbocycles. The molecule has 0 aliphatic rings. The number of ether oxygens (including phenoxy) is 2. The van der Waals surface area contributed by atoms with Crippen LogP contribution in [0.5, 0.6) is 11.5 Å². The van der Waals surface area contributed by atoms with Gasteiger partial charge in [0.05, 0.1) is 25.3 Å². The first-order valence-electron chi connectivity index (χ1n) is 8.89. The third-order valence-electron chi connectivity index (χ3n) is 3.83. The molecule has 0 radical (unpaired) electrons. The van der Waals surface area contributed by atoms with Crippen LogP contribution in [0.25, 0.3) is 0 Å². The first kappa shape index (κ1) is 20.3. The fraction of sp³-hybridized carbons (Fsp3) is 0.632. The fourth-order valence-electron chi connectivity index (χ4n) is 2.60. The van der Waals surface area contributed by atoms with E-state index in [1.54, 1.807) is 0 Å². The monoisotopic (exact) mass is 336 g/mol. The summed E-state index contributed by atoms with van der Waals surface area (Å²) in [6.07, 6.45) is 1.57. The van der Waals surface area contributed by atoms with Crippen LogP contribution in [-0.2, 0) is 4.79 Å². The number of benzene rings is 1. The molecule has 0 heterocycles. The lowest BCUT2D eigenvalue weighted by Crippen LogP contribution is -2.43. The quantitative estimate of drug-likeness (QED) is 0.686. The van der Waals surface area contributed by atoms with Gasteiger partial charge in [0.2, 0.25) is 5.91 Å². The zero-order chi connectivity index (χ0) is 18.1. The second-order valence-corrected chi connectivity index (χ2v) is 6.20. The Labute approximate surface area is 145 Å². The molecule has 24 heavy (non-hydrogen) atoms. The van der Waals surface area contributed by atoms with Gasteiger partial charge >= 0.3 is 0 Å². The maximum atomic E-state index is 12.3. The Morgan fingerprint density at radius 2 is 1.75 bits per heavy atom. The van der Waals surface area contributed by atoms with E-state index in [1.807, 2.05) is 39.0 Å². The highest BCUT2D eigenvalue weighted by atomic mass is 16.5. The van der Waals surface area contributed by atoms with Gasteiger partial charge in [-0.25, -0.2) is 0 Å². The van der Waals surface area contributed by atoms with Crippen LogP contribution in [0.2, 0.25) is 0 Å². The lowest BCUT2D eigenvalue weighted by molar-refractivity contribution is -0.123. The van der Waals surface area contributed by atoms with Gasteiger partial charge in [-0.05, 0) is 43.9 Å². The van der Waals surface area contributed by atoms with Gasteiger partial charge in [0.15, 0.2) is 11.5 Å². The summed E-state index contributed by atoms with van der Waals surface area (Å²) in [5, 5.41) is 3.08. The van der Waals surface area contributed by atoms with Gasteiger partial charge in [0.25, 0.3) is 0 Å².